The summed E-state index contributed by atoms with van der Waals surface area (Å²) in [6, 6.07) is -0.895. The monoisotopic (exact) mass is 296 g/mol. The van der Waals surface area contributed by atoms with E-state index in [1.807, 2.05) is 6.08 Å². The number of allylic oxidation sites excluding steroid dienone is 1. The molecule has 0 radical (unpaired) electrons. The van der Waals surface area contributed by atoms with Gasteiger partial charge in [0, 0.05) is 12.6 Å². The van der Waals surface area contributed by atoms with Gasteiger partial charge in [0.05, 0.1) is 12.5 Å². The van der Waals surface area contributed by atoms with E-state index in [1.54, 1.807) is 0 Å². The Morgan fingerprint density at radius 1 is 1.52 bits per heavy atom. The maximum atomic E-state index is 10.8. The molecule has 0 aromatic heterocycles. The minimum atomic E-state index is -0.995. The molecule has 0 aromatic rings. The Hall–Kier alpha value is -1.20. The SMILES string of the molecule is CC1CCC(C)(C)C1C=CC(N)CN[C@@H](C=O)CC(=O)O. The van der Waals surface area contributed by atoms with Gasteiger partial charge in [-0.15, -0.1) is 0 Å². The number of hydrogen-bond acceptors (Lipinski definition) is 4. The molecule has 3 unspecified atom stereocenters. The minimum absolute atomic E-state index is 0.216. The molecule has 0 aromatic carbocycles. The van der Waals surface area contributed by atoms with Gasteiger partial charge in [0.1, 0.15) is 6.29 Å². The van der Waals surface area contributed by atoms with Crippen molar-refractivity contribution < 1.29 is 14.7 Å². The van der Waals surface area contributed by atoms with Crippen LogP contribution in [0.15, 0.2) is 12.2 Å². The van der Waals surface area contributed by atoms with Gasteiger partial charge in [-0.05, 0) is 30.1 Å². The Morgan fingerprint density at radius 3 is 2.67 bits per heavy atom. The number of carbonyl (C=O) groups is 2. The van der Waals surface area contributed by atoms with Gasteiger partial charge in [-0.1, -0.05) is 32.9 Å². The van der Waals surface area contributed by atoms with E-state index in [9.17, 15) is 9.59 Å². The van der Waals surface area contributed by atoms with Crippen LogP contribution in [-0.2, 0) is 9.59 Å². The first-order valence-corrected chi connectivity index (χ1v) is 7.60. The first kappa shape index (κ1) is 17.9. The summed E-state index contributed by atoms with van der Waals surface area (Å²) in [4.78, 5) is 21.3. The number of nitrogens with one attached hydrogen (secondary N) is 1. The van der Waals surface area contributed by atoms with Crippen molar-refractivity contribution in [1.29, 1.82) is 0 Å². The van der Waals surface area contributed by atoms with Gasteiger partial charge >= 0.3 is 5.97 Å². The molecule has 4 atom stereocenters. The van der Waals surface area contributed by atoms with Crippen LogP contribution in [0.25, 0.3) is 0 Å². The van der Waals surface area contributed by atoms with Gasteiger partial charge in [0.2, 0.25) is 0 Å². The Labute approximate surface area is 127 Å². The van der Waals surface area contributed by atoms with Crippen LogP contribution in [0.2, 0.25) is 0 Å². The van der Waals surface area contributed by atoms with Crippen LogP contribution in [0.5, 0.6) is 0 Å². The summed E-state index contributed by atoms with van der Waals surface area (Å²) in [5.41, 5.74) is 6.31. The first-order valence-electron chi connectivity index (χ1n) is 7.60. The van der Waals surface area contributed by atoms with Crippen molar-refractivity contribution in [1.82, 2.24) is 5.32 Å². The fourth-order valence-electron chi connectivity index (χ4n) is 3.14. The molecular formula is C16H28N2O3. The number of nitrogens with two attached hydrogens (primary N) is 1. The Kier molecular flexibility index (Phi) is 6.55. The Balaban J connectivity index is 2.45. The van der Waals surface area contributed by atoms with Crippen LogP contribution >= 0.6 is 0 Å². The van der Waals surface area contributed by atoms with Crippen LogP contribution in [-0.4, -0.2) is 36.0 Å². The van der Waals surface area contributed by atoms with E-state index >= 15 is 0 Å². The second-order valence-corrected chi connectivity index (χ2v) is 6.83. The van der Waals surface area contributed by atoms with E-state index in [0.717, 1.165) is 0 Å². The van der Waals surface area contributed by atoms with Crippen LogP contribution in [0.1, 0.15) is 40.0 Å². The molecule has 5 heteroatoms. The maximum Gasteiger partial charge on any atom is 0.305 e. The molecule has 0 spiro atoms. The highest BCUT2D eigenvalue weighted by atomic mass is 16.4. The van der Waals surface area contributed by atoms with Gasteiger partial charge in [-0.25, -0.2) is 0 Å². The summed E-state index contributed by atoms with van der Waals surface area (Å²) < 4.78 is 0. The number of carbonyl (C=O) groups excluding carboxylic acids is 1. The molecule has 0 bridgehead atoms. The lowest BCUT2D eigenvalue weighted by atomic mass is 9.79. The predicted octanol–water partition coefficient (Wildman–Crippen LogP) is 1.57. The first-order chi connectivity index (χ1) is 9.76. The fraction of sp³-hybridized carbons (Fsp3) is 0.750. The summed E-state index contributed by atoms with van der Waals surface area (Å²) in [5, 5.41) is 11.6. The van der Waals surface area contributed by atoms with Gasteiger partial charge in [0.15, 0.2) is 0 Å². The van der Waals surface area contributed by atoms with Crippen molar-refractivity contribution in [2.75, 3.05) is 6.54 Å². The Bertz CT molecular complexity index is 393. The molecule has 1 aliphatic rings. The van der Waals surface area contributed by atoms with E-state index in [0.29, 0.717) is 30.1 Å². The third-order valence-corrected chi connectivity index (χ3v) is 4.50. The molecule has 5 nitrogen and oxygen atoms in total. The average Bonchev–Trinajstić information content (AvgIpc) is 2.65. The zero-order valence-electron chi connectivity index (χ0n) is 13.2. The normalized spacial score (nSPS) is 27.6. The van der Waals surface area contributed by atoms with E-state index < -0.39 is 12.0 Å². The lowest BCUT2D eigenvalue weighted by molar-refractivity contribution is -0.138. The third-order valence-electron chi connectivity index (χ3n) is 4.50. The summed E-state index contributed by atoms with van der Waals surface area (Å²) in [6.07, 6.45) is 7.03. The van der Waals surface area contributed by atoms with Crippen LogP contribution in [0, 0.1) is 17.3 Å². The van der Waals surface area contributed by atoms with E-state index in [1.165, 1.54) is 12.8 Å². The molecule has 21 heavy (non-hydrogen) atoms. The van der Waals surface area contributed by atoms with E-state index in [4.69, 9.17) is 10.8 Å². The summed E-state index contributed by atoms with van der Waals surface area (Å²) in [6.45, 7) is 7.23. The van der Waals surface area contributed by atoms with Gasteiger partial charge < -0.3 is 21.0 Å². The Morgan fingerprint density at radius 2 is 2.19 bits per heavy atom. The summed E-state index contributed by atoms with van der Waals surface area (Å²) >= 11 is 0. The quantitative estimate of drug-likeness (QED) is 0.467. The number of aldehydes is 1. The van der Waals surface area contributed by atoms with Crippen molar-refractivity contribution >= 4 is 12.3 Å². The molecule has 0 heterocycles. The van der Waals surface area contributed by atoms with Gasteiger partial charge in [-0.2, -0.15) is 0 Å². The summed E-state index contributed by atoms with van der Waals surface area (Å²) in [5.74, 6) is 0.181. The van der Waals surface area contributed by atoms with Crippen molar-refractivity contribution in [3.8, 4) is 0 Å². The number of rotatable bonds is 8. The van der Waals surface area contributed by atoms with Crippen molar-refractivity contribution in [3.05, 3.63) is 12.2 Å². The zero-order chi connectivity index (χ0) is 16.0. The highest BCUT2D eigenvalue weighted by Gasteiger charge is 2.37. The zero-order valence-corrected chi connectivity index (χ0v) is 13.2. The minimum Gasteiger partial charge on any atom is -0.481 e. The number of aliphatic carboxylic acids is 1. The number of carboxylic acid groups (broad SMARTS) is 1. The van der Waals surface area contributed by atoms with Crippen molar-refractivity contribution in [2.45, 2.75) is 52.1 Å². The van der Waals surface area contributed by atoms with Crippen LogP contribution in [0.4, 0.5) is 0 Å². The molecule has 1 rings (SSSR count). The topological polar surface area (TPSA) is 92.4 Å². The molecular weight excluding hydrogens is 268 g/mol. The molecule has 120 valence electrons. The molecule has 1 fully saturated rings. The lowest BCUT2D eigenvalue weighted by Gasteiger charge is -2.27. The molecule has 0 saturated heterocycles. The second-order valence-electron chi connectivity index (χ2n) is 6.83. The van der Waals surface area contributed by atoms with Gasteiger partial charge in [0.25, 0.3) is 0 Å². The summed E-state index contributed by atoms with van der Waals surface area (Å²) in [7, 11) is 0. The average molecular weight is 296 g/mol. The van der Waals surface area contributed by atoms with Crippen LogP contribution in [0.3, 0.4) is 0 Å². The number of carboxylic acids is 1. The van der Waals surface area contributed by atoms with Crippen molar-refractivity contribution in [3.63, 3.8) is 0 Å². The third kappa shape index (κ3) is 5.59. The second kappa shape index (κ2) is 7.71. The molecule has 1 aliphatic carbocycles. The van der Waals surface area contributed by atoms with Gasteiger partial charge in [-0.3, -0.25) is 4.79 Å². The van der Waals surface area contributed by atoms with E-state index in [-0.39, 0.29) is 12.5 Å². The standard InChI is InChI=1S/C16H28N2O3/c1-11-6-7-16(2,3)14(11)5-4-12(17)9-18-13(10-19)8-15(20)21/h4-5,10-14,18H,6-9,17H2,1-3H3,(H,20,21)/t11?,12?,13-,14?/m1/s1. The molecule has 0 aliphatic heterocycles. The van der Waals surface area contributed by atoms with Crippen molar-refractivity contribution in [2.24, 2.45) is 23.0 Å². The highest BCUT2D eigenvalue weighted by molar-refractivity contribution is 5.73. The van der Waals surface area contributed by atoms with Crippen LogP contribution < -0.4 is 11.1 Å². The smallest absolute Gasteiger partial charge is 0.305 e. The molecule has 1 saturated carbocycles. The molecule has 0 amide bonds. The maximum absolute atomic E-state index is 10.8. The predicted molar refractivity (Wildman–Crippen MR) is 82.9 cm³/mol. The fourth-order valence-corrected chi connectivity index (χ4v) is 3.14. The van der Waals surface area contributed by atoms with E-state index in [2.05, 4.69) is 32.2 Å². The molecule has 4 N–H and O–H groups in total. The lowest BCUT2D eigenvalue weighted by Crippen LogP contribution is -2.40. The largest absolute Gasteiger partial charge is 0.481 e. The highest BCUT2D eigenvalue weighted by Crippen LogP contribution is 2.46. The number of hydrogen-bond donors (Lipinski definition) is 3.